The van der Waals surface area contributed by atoms with Crippen molar-refractivity contribution in [1.82, 2.24) is 13.9 Å². The van der Waals surface area contributed by atoms with Gasteiger partial charge in [0.2, 0.25) is 10.0 Å². The van der Waals surface area contributed by atoms with Gasteiger partial charge in [-0.25, -0.2) is 17.8 Å². The van der Waals surface area contributed by atoms with Crippen LogP contribution in [0.3, 0.4) is 0 Å². The number of aromatic nitrogens is 2. The van der Waals surface area contributed by atoms with Gasteiger partial charge in [-0.3, -0.25) is 0 Å². The largest absolute Gasteiger partial charge is 0.396 e. The number of hydrogen-bond donors (Lipinski definition) is 1. The fraction of sp³-hybridized carbons (Fsp3) is 0.278. The molecule has 26 heavy (non-hydrogen) atoms. The molecule has 0 bridgehead atoms. The van der Waals surface area contributed by atoms with Gasteiger partial charge in [0.05, 0.1) is 4.90 Å². The maximum atomic E-state index is 13.1. The molecule has 2 aromatic heterocycles. The second-order valence-corrected chi connectivity index (χ2v) is 7.94. The summed E-state index contributed by atoms with van der Waals surface area (Å²) in [6, 6.07) is 10.9. The number of nitrogens with zero attached hydrogens (tertiary/aromatic N) is 3. The second kappa shape index (κ2) is 7.53. The number of rotatable bonds is 7. The van der Waals surface area contributed by atoms with Crippen LogP contribution in [0.4, 0.5) is 4.39 Å². The molecule has 6 nitrogen and oxygen atoms in total. The van der Waals surface area contributed by atoms with Crippen molar-refractivity contribution in [1.29, 1.82) is 0 Å². The molecule has 0 fully saturated rings. The average Bonchev–Trinajstić information content (AvgIpc) is 3.04. The number of likely N-dealkylation sites (N-methyl/N-ethyl adjacent to an activating group) is 1. The molecule has 137 valence electrons. The normalized spacial score (nSPS) is 13.4. The molecule has 1 N–H and O–H groups in total. The van der Waals surface area contributed by atoms with Crippen LogP contribution in [0.1, 0.15) is 6.42 Å². The van der Waals surface area contributed by atoms with E-state index in [1.54, 1.807) is 18.5 Å². The summed E-state index contributed by atoms with van der Waals surface area (Å²) in [5.41, 5.74) is 0.697. The highest BCUT2D eigenvalue weighted by Crippen LogP contribution is 2.21. The Morgan fingerprint density at radius 3 is 2.73 bits per heavy atom. The number of aliphatic hydroxyl groups is 1. The Morgan fingerprint density at radius 2 is 2.04 bits per heavy atom. The Kier molecular flexibility index (Phi) is 5.36. The van der Waals surface area contributed by atoms with Crippen LogP contribution in [0.5, 0.6) is 0 Å². The first kappa shape index (κ1) is 18.5. The summed E-state index contributed by atoms with van der Waals surface area (Å²) in [4.78, 5) is 4.31. The fourth-order valence-corrected chi connectivity index (χ4v) is 4.20. The third-order valence-corrected chi connectivity index (χ3v) is 6.23. The van der Waals surface area contributed by atoms with Gasteiger partial charge in [0.15, 0.2) is 0 Å². The lowest BCUT2D eigenvalue weighted by molar-refractivity contribution is 0.226. The van der Waals surface area contributed by atoms with E-state index in [-0.39, 0.29) is 17.9 Å². The minimum Gasteiger partial charge on any atom is -0.396 e. The van der Waals surface area contributed by atoms with Crippen molar-refractivity contribution in [2.75, 3.05) is 13.7 Å². The van der Waals surface area contributed by atoms with Crippen LogP contribution in [0.15, 0.2) is 53.7 Å². The van der Waals surface area contributed by atoms with E-state index in [2.05, 4.69) is 11.1 Å². The molecule has 1 atom stereocenters. The van der Waals surface area contributed by atoms with Crippen LogP contribution in [-0.4, -0.2) is 47.1 Å². The predicted octanol–water partition coefficient (Wildman–Crippen LogP) is 2.05. The van der Waals surface area contributed by atoms with E-state index >= 15 is 0 Å². The molecule has 0 amide bonds. The molecule has 0 aliphatic carbocycles. The first-order valence-corrected chi connectivity index (χ1v) is 9.53. The smallest absolute Gasteiger partial charge is 0.243 e. The molecule has 2 heterocycles. The molecule has 1 aromatic carbocycles. The number of aliphatic hydroxyl groups excluding tert-OH is 1. The third kappa shape index (κ3) is 3.62. The molecule has 8 heteroatoms. The van der Waals surface area contributed by atoms with Gasteiger partial charge < -0.3 is 9.67 Å². The molecule has 0 saturated carbocycles. The Morgan fingerprint density at radius 1 is 1.31 bits per heavy atom. The zero-order valence-corrected chi connectivity index (χ0v) is 15.0. The standard InChI is InChI=1S/C18H19FN3O3S/c1-21(26(24,25)17-6-4-15(19)5-7-17)16(9-12-23)13-22-11-8-14-3-2-10-20-18(14)22/h2-7,10-11,16,23H,9,12-13H2,1H3/t16-/m1/s1. The second-order valence-electron chi connectivity index (χ2n) is 5.94. The number of pyridine rings is 1. The predicted molar refractivity (Wildman–Crippen MR) is 95.4 cm³/mol. The van der Waals surface area contributed by atoms with Crippen molar-refractivity contribution >= 4 is 21.1 Å². The Labute approximate surface area is 151 Å². The minimum atomic E-state index is -3.82. The zero-order valence-electron chi connectivity index (χ0n) is 14.2. The van der Waals surface area contributed by atoms with Crippen molar-refractivity contribution in [2.45, 2.75) is 23.9 Å². The van der Waals surface area contributed by atoms with E-state index in [0.717, 1.165) is 17.5 Å². The number of sulfonamides is 1. The molecule has 0 aliphatic heterocycles. The highest BCUT2D eigenvalue weighted by molar-refractivity contribution is 7.89. The van der Waals surface area contributed by atoms with Gasteiger partial charge in [-0.2, -0.15) is 4.31 Å². The summed E-state index contributed by atoms with van der Waals surface area (Å²) in [6.45, 7) is 0.152. The summed E-state index contributed by atoms with van der Waals surface area (Å²) >= 11 is 0. The van der Waals surface area contributed by atoms with E-state index in [4.69, 9.17) is 0 Å². The van der Waals surface area contributed by atoms with E-state index in [1.165, 1.54) is 23.5 Å². The van der Waals surface area contributed by atoms with Crippen LogP contribution in [0, 0.1) is 11.9 Å². The highest BCUT2D eigenvalue weighted by atomic mass is 32.2. The van der Waals surface area contributed by atoms with Crippen LogP contribution in [0.25, 0.3) is 11.0 Å². The Balaban J connectivity index is 1.90. The lowest BCUT2D eigenvalue weighted by Crippen LogP contribution is -2.40. The number of fused-ring (bicyclic) bond motifs is 1. The summed E-state index contributed by atoms with van der Waals surface area (Å²) in [7, 11) is -2.36. The van der Waals surface area contributed by atoms with Gasteiger partial charge in [-0.15, -0.1) is 0 Å². The van der Waals surface area contributed by atoms with Crippen molar-refractivity contribution in [3.8, 4) is 0 Å². The molecule has 3 rings (SSSR count). The van der Waals surface area contributed by atoms with Gasteiger partial charge in [-0.05, 0) is 42.8 Å². The monoisotopic (exact) mass is 376 g/mol. The molecule has 1 radical (unpaired) electrons. The van der Waals surface area contributed by atoms with Gasteiger partial charge in [0.25, 0.3) is 0 Å². The van der Waals surface area contributed by atoms with E-state index < -0.39 is 21.9 Å². The minimum absolute atomic E-state index is 0.00592. The van der Waals surface area contributed by atoms with Gasteiger partial charge in [0.1, 0.15) is 11.5 Å². The first-order valence-electron chi connectivity index (χ1n) is 8.09. The van der Waals surface area contributed by atoms with Crippen molar-refractivity contribution in [2.24, 2.45) is 0 Å². The SMILES string of the molecule is CN([C@H](CCO)Cn1c[c]c2cccnc21)S(=O)(=O)c1ccc(F)cc1. The summed E-state index contributed by atoms with van der Waals surface area (Å²) < 4.78 is 41.8. The van der Waals surface area contributed by atoms with Crippen LogP contribution < -0.4 is 0 Å². The van der Waals surface area contributed by atoms with Crippen molar-refractivity contribution in [3.63, 3.8) is 0 Å². The van der Waals surface area contributed by atoms with E-state index in [9.17, 15) is 17.9 Å². The molecule has 0 saturated heterocycles. The summed E-state index contributed by atoms with van der Waals surface area (Å²) in [5.74, 6) is -0.501. The maximum absolute atomic E-state index is 13.1. The third-order valence-electron chi connectivity index (χ3n) is 4.31. The Hall–Kier alpha value is -2.29. The molecule has 3 aromatic rings. The molecular formula is C18H19FN3O3S. The number of hydrogen-bond acceptors (Lipinski definition) is 4. The van der Waals surface area contributed by atoms with Crippen molar-refractivity contribution < 1.29 is 17.9 Å². The van der Waals surface area contributed by atoms with Crippen molar-refractivity contribution in [3.05, 3.63) is 60.7 Å². The Bertz CT molecular complexity index is 986. The van der Waals surface area contributed by atoms with E-state index in [1.807, 2.05) is 10.6 Å². The summed E-state index contributed by atoms with van der Waals surface area (Å²) in [6.07, 6.45) is 3.64. The number of benzene rings is 1. The first-order chi connectivity index (χ1) is 12.4. The fourth-order valence-electron chi connectivity index (χ4n) is 2.82. The number of halogens is 1. The summed E-state index contributed by atoms with van der Waals surface area (Å²) in [5, 5.41) is 10.2. The van der Waals surface area contributed by atoms with Crippen LogP contribution in [-0.2, 0) is 16.6 Å². The lowest BCUT2D eigenvalue weighted by atomic mass is 10.2. The molecule has 0 spiro atoms. The van der Waals surface area contributed by atoms with Gasteiger partial charge in [0, 0.05) is 50.1 Å². The highest BCUT2D eigenvalue weighted by Gasteiger charge is 2.28. The van der Waals surface area contributed by atoms with Crippen LogP contribution in [0.2, 0.25) is 0 Å². The quantitative estimate of drug-likeness (QED) is 0.685. The molecule has 0 aliphatic rings. The van der Waals surface area contributed by atoms with Crippen LogP contribution >= 0.6 is 0 Å². The van der Waals surface area contributed by atoms with Gasteiger partial charge >= 0.3 is 0 Å². The zero-order chi connectivity index (χ0) is 18.7. The van der Waals surface area contributed by atoms with E-state index in [0.29, 0.717) is 12.2 Å². The topological polar surface area (TPSA) is 75.4 Å². The average molecular weight is 376 g/mol. The maximum Gasteiger partial charge on any atom is 0.243 e. The molecule has 0 unspecified atom stereocenters. The molecular weight excluding hydrogens is 357 g/mol. The van der Waals surface area contributed by atoms with Gasteiger partial charge in [-0.1, -0.05) is 0 Å². The lowest BCUT2D eigenvalue weighted by Gasteiger charge is -2.27.